The number of aromatic nitrogens is 2. The van der Waals surface area contributed by atoms with Gasteiger partial charge in [0.15, 0.2) is 0 Å². The Labute approximate surface area is 112 Å². The van der Waals surface area contributed by atoms with Crippen LogP contribution in [0, 0.1) is 0 Å². The van der Waals surface area contributed by atoms with Crippen LogP contribution in [0.4, 0.5) is 11.8 Å². The molecule has 3 N–H and O–H groups in total. The molecule has 0 spiro atoms. The summed E-state index contributed by atoms with van der Waals surface area (Å²) in [6.07, 6.45) is 4.64. The van der Waals surface area contributed by atoms with E-state index in [1.165, 1.54) is 17.7 Å². The maximum Gasteiger partial charge on any atom is 0.223 e. The van der Waals surface area contributed by atoms with Gasteiger partial charge in [0.2, 0.25) is 5.95 Å². The fourth-order valence-electron chi connectivity index (χ4n) is 1.88. The van der Waals surface area contributed by atoms with Gasteiger partial charge in [-0.3, -0.25) is 0 Å². The van der Waals surface area contributed by atoms with Gasteiger partial charge in [0.1, 0.15) is 10.6 Å². The van der Waals surface area contributed by atoms with Crippen molar-refractivity contribution in [1.82, 2.24) is 9.97 Å². The molecule has 2 aromatic heterocycles. The predicted octanol–water partition coefficient (Wildman–Crippen LogP) is 3.44. The maximum absolute atomic E-state index is 5.75. The third-order valence-electron chi connectivity index (χ3n) is 2.88. The summed E-state index contributed by atoms with van der Waals surface area (Å²) in [5.74, 6) is 1.23. The first-order chi connectivity index (χ1) is 8.74. The number of anilines is 2. The lowest BCUT2D eigenvalue weighted by Gasteiger charge is -2.06. The molecule has 2 heterocycles. The zero-order valence-corrected chi connectivity index (χ0v) is 11.8. The molecule has 0 atom stereocenters. The molecule has 0 fully saturated rings. The normalized spacial score (nSPS) is 11.0. The van der Waals surface area contributed by atoms with Crippen LogP contribution in [0.5, 0.6) is 0 Å². The Kier molecular flexibility index (Phi) is 4.36. The summed E-state index contributed by atoms with van der Waals surface area (Å²) < 4.78 is 0. The number of hydrogen-bond acceptors (Lipinski definition) is 5. The summed E-state index contributed by atoms with van der Waals surface area (Å²) >= 11 is 1.70. The van der Waals surface area contributed by atoms with Crippen LogP contribution in [0.25, 0.3) is 10.2 Å². The van der Waals surface area contributed by atoms with Crippen LogP contribution in [0.3, 0.4) is 0 Å². The fraction of sp³-hybridized carbons (Fsp3) is 0.538. The molecule has 0 saturated carbocycles. The van der Waals surface area contributed by atoms with Crippen LogP contribution in [-0.4, -0.2) is 16.5 Å². The Bertz CT molecular complexity index is 521. The predicted molar refractivity (Wildman–Crippen MR) is 79.2 cm³/mol. The van der Waals surface area contributed by atoms with Gasteiger partial charge in [0.05, 0.1) is 5.39 Å². The van der Waals surface area contributed by atoms with Gasteiger partial charge in [-0.2, -0.15) is 4.98 Å². The van der Waals surface area contributed by atoms with Crippen molar-refractivity contribution >= 4 is 33.3 Å². The van der Waals surface area contributed by atoms with Crippen LogP contribution < -0.4 is 11.1 Å². The van der Waals surface area contributed by atoms with Gasteiger partial charge in [-0.05, 0) is 18.9 Å². The number of aryl methyl sites for hydroxylation is 1. The number of thiophene rings is 1. The molecule has 98 valence electrons. The molecule has 0 radical (unpaired) electrons. The first-order valence-corrected chi connectivity index (χ1v) is 7.36. The second-order valence-corrected chi connectivity index (χ2v) is 5.46. The second-order valence-electron chi connectivity index (χ2n) is 4.35. The molecule has 0 bridgehead atoms. The van der Waals surface area contributed by atoms with E-state index < -0.39 is 0 Å². The first-order valence-electron chi connectivity index (χ1n) is 6.54. The van der Waals surface area contributed by atoms with Gasteiger partial charge >= 0.3 is 0 Å². The molecule has 0 aliphatic carbocycles. The highest BCUT2D eigenvalue weighted by molar-refractivity contribution is 7.18. The highest BCUT2D eigenvalue weighted by Gasteiger charge is 2.09. The summed E-state index contributed by atoms with van der Waals surface area (Å²) in [7, 11) is 0. The molecule has 18 heavy (non-hydrogen) atoms. The minimum Gasteiger partial charge on any atom is -0.369 e. The molecule has 2 aromatic rings. The fourth-order valence-corrected chi connectivity index (χ4v) is 2.85. The molecule has 2 rings (SSSR count). The number of fused-ring (bicyclic) bond motifs is 1. The van der Waals surface area contributed by atoms with Gasteiger partial charge < -0.3 is 11.1 Å². The molecule has 0 aliphatic rings. The van der Waals surface area contributed by atoms with Crippen LogP contribution in [0.15, 0.2) is 6.07 Å². The number of rotatable bonds is 6. The number of unbranched alkanes of at least 4 members (excludes halogenated alkanes) is 2. The van der Waals surface area contributed by atoms with E-state index in [1.54, 1.807) is 11.3 Å². The number of nitrogen functional groups attached to an aromatic ring is 1. The van der Waals surface area contributed by atoms with Crippen molar-refractivity contribution in [3.8, 4) is 0 Å². The number of hydrogen-bond donors (Lipinski definition) is 2. The van der Waals surface area contributed by atoms with Crippen LogP contribution in [0.2, 0.25) is 0 Å². The minimum atomic E-state index is 0.352. The average Bonchev–Trinajstić information content (AvgIpc) is 2.77. The zero-order chi connectivity index (χ0) is 13.0. The average molecular weight is 264 g/mol. The summed E-state index contributed by atoms with van der Waals surface area (Å²) in [5, 5.41) is 4.48. The quantitative estimate of drug-likeness (QED) is 0.784. The Morgan fingerprint density at radius 1 is 1.28 bits per heavy atom. The summed E-state index contributed by atoms with van der Waals surface area (Å²) in [6, 6.07) is 2.17. The first kappa shape index (κ1) is 13.1. The topological polar surface area (TPSA) is 63.8 Å². The highest BCUT2D eigenvalue weighted by Crippen LogP contribution is 2.29. The highest BCUT2D eigenvalue weighted by atomic mass is 32.1. The van der Waals surface area contributed by atoms with Gasteiger partial charge in [0.25, 0.3) is 0 Å². The SMILES string of the molecule is CCCCCNc1nc(N)nc2sc(CC)cc12. The monoisotopic (exact) mass is 264 g/mol. The number of nitrogens with one attached hydrogen (secondary N) is 1. The Morgan fingerprint density at radius 2 is 2.11 bits per heavy atom. The lowest BCUT2D eigenvalue weighted by Crippen LogP contribution is -2.05. The van der Waals surface area contributed by atoms with E-state index in [0.717, 1.165) is 35.4 Å². The van der Waals surface area contributed by atoms with Crippen molar-refractivity contribution in [2.45, 2.75) is 39.5 Å². The standard InChI is InChI=1S/C13H20N4S/c1-3-5-6-7-15-11-10-8-9(4-2)18-12(10)17-13(14)16-11/h8H,3-7H2,1-2H3,(H3,14,15,16,17). The van der Waals surface area contributed by atoms with Crippen molar-refractivity contribution in [3.63, 3.8) is 0 Å². The lowest BCUT2D eigenvalue weighted by molar-refractivity contribution is 0.743. The molecular formula is C13H20N4S. The molecule has 0 aromatic carbocycles. The van der Waals surface area contributed by atoms with E-state index in [1.807, 2.05) is 0 Å². The summed E-state index contributed by atoms with van der Waals surface area (Å²) in [4.78, 5) is 10.9. The lowest BCUT2D eigenvalue weighted by atomic mass is 10.2. The van der Waals surface area contributed by atoms with Gasteiger partial charge in [-0.25, -0.2) is 4.98 Å². The largest absolute Gasteiger partial charge is 0.369 e. The maximum atomic E-state index is 5.75. The second kappa shape index (κ2) is 6.00. The van der Waals surface area contributed by atoms with E-state index >= 15 is 0 Å². The third kappa shape index (κ3) is 2.90. The van der Waals surface area contributed by atoms with Gasteiger partial charge in [-0.1, -0.05) is 26.7 Å². The number of nitrogens with zero attached hydrogens (tertiary/aromatic N) is 2. The van der Waals surface area contributed by atoms with Crippen LogP contribution in [-0.2, 0) is 6.42 Å². The molecule has 0 saturated heterocycles. The van der Waals surface area contributed by atoms with E-state index in [4.69, 9.17) is 5.73 Å². The summed E-state index contributed by atoms with van der Waals surface area (Å²) in [5.41, 5.74) is 5.75. The van der Waals surface area contributed by atoms with E-state index in [9.17, 15) is 0 Å². The Balaban J connectivity index is 2.21. The molecule has 0 aliphatic heterocycles. The van der Waals surface area contributed by atoms with E-state index in [-0.39, 0.29) is 0 Å². The van der Waals surface area contributed by atoms with E-state index in [0.29, 0.717) is 5.95 Å². The van der Waals surface area contributed by atoms with Crippen LogP contribution >= 0.6 is 11.3 Å². The Hall–Kier alpha value is -1.36. The van der Waals surface area contributed by atoms with Crippen molar-refractivity contribution in [2.75, 3.05) is 17.6 Å². The van der Waals surface area contributed by atoms with Gasteiger partial charge in [0, 0.05) is 11.4 Å². The summed E-state index contributed by atoms with van der Waals surface area (Å²) in [6.45, 7) is 5.29. The van der Waals surface area contributed by atoms with Crippen molar-refractivity contribution in [3.05, 3.63) is 10.9 Å². The van der Waals surface area contributed by atoms with Crippen molar-refractivity contribution in [1.29, 1.82) is 0 Å². The molecule has 0 amide bonds. The third-order valence-corrected chi connectivity index (χ3v) is 4.06. The zero-order valence-electron chi connectivity index (χ0n) is 11.0. The molecule has 5 heteroatoms. The minimum absolute atomic E-state index is 0.352. The van der Waals surface area contributed by atoms with E-state index in [2.05, 4.69) is 35.2 Å². The Morgan fingerprint density at radius 3 is 2.83 bits per heavy atom. The molecule has 4 nitrogen and oxygen atoms in total. The smallest absolute Gasteiger partial charge is 0.223 e. The van der Waals surface area contributed by atoms with Gasteiger partial charge in [-0.15, -0.1) is 11.3 Å². The molecular weight excluding hydrogens is 244 g/mol. The number of nitrogens with two attached hydrogens (primary N) is 1. The van der Waals surface area contributed by atoms with Crippen LogP contribution in [0.1, 0.15) is 38.0 Å². The van der Waals surface area contributed by atoms with Crippen molar-refractivity contribution in [2.24, 2.45) is 0 Å². The molecule has 0 unspecified atom stereocenters. The van der Waals surface area contributed by atoms with Crippen molar-refractivity contribution < 1.29 is 0 Å².